The minimum atomic E-state index is -3.62. The molecule has 25 heavy (non-hydrogen) atoms. The summed E-state index contributed by atoms with van der Waals surface area (Å²) in [4.78, 5) is 12.7. The topological polar surface area (TPSA) is 66.5 Å². The molecule has 134 valence electrons. The first-order valence-corrected chi connectivity index (χ1v) is 10.5. The summed E-state index contributed by atoms with van der Waals surface area (Å²) in [6.45, 7) is 3.71. The van der Waals surface area contributed by atoms with E-state index in [1.807, 2.05) is 31.2 Å². The lowest BCUT2D eigenvalue weighted by atomic mass is 10.1. The summed E-state index contributed by atoms with van der Waals surface area (Å²) in [5.41, 5.74) is 2.11. The van der Waals surface area contributed by atoms with E-state index in [-0.39, 0.29) is 5.91 Å². The zero-order valence-electron chi connectivity index (χ0n) is 14.4. The Kier molecular flexibility index (Phi) is 6.24. The molecule has 0 unspecified atom stereocenters. The van der Waals surface area contributed by atoms with Gasteiger partial charge >= 0.3 is 0 Å². The second-order valence-corrected chi connectivity index (χ2v) is 8.59. The molecule has 5 nitrogen and oxygen atoms in total. The summed E-state index contributed by atoms with van der Waals surface area (Å²) in [5, 5.41) is 2.79. The van der Waals surface area contributed by atoms with Crippen LogP contribution in [0.2, 0.25) is 0 Å². The highest BCUT2D eigenvalue weighted by atomic mass is 79.9. The summed E-state index contributed by atoms with van der Waals surface area (Å²) in [5.74, 6) is -0.365. The van der Waals surface area contributed by atoms with Crippen LogP contribution < -0.4 is 9.62 Å². The fourth-order valence-corrected chi connectivity index (χ4v) is 3.99. The Morgan fingerprint density at radius 1 is 1.12 bits per heavy atom. The summed E-state index contributed by atoms with van der Waals surface area (Å²) in [6.07, 6.45) is 1.46. The third-order valence-electron chi connectivity index (χ3n) is 3.73. The van der Waals surface area contributed by atoms with E-state index >= 15 is 0 Å². The van der Waals surface area contributed by atoms with Crippen LogP contribution in [-0.4, -0.2) is 26.6 Å². The number of rotatable bonds is 6. The maximum absolute atomic E-state index is 12.7. The van der Waals surface area contributed by atoms with E-state index in [0.29, 0.717) is 17.8 Å². The van der Waals surface area contributed by atoms with Gasteiger partial charge in [0.15, 0.2) is 0 Å². The largest absolute Gasteiger partial charge is 0.324 e. The van der Waals surface area contributed by atoms with Crippen LogP contribution in [0, 0.1) is 6.92 Å². The molecule has 0 radical (unpaired) electrons. The van der Waals surface area contributed by atoms with E-state index < -0.39 is 16.1 Å². The van der Waals surface area contributed by atoms with Crippen LogP contribution >= 0.6 is 15.9 Å². The Morgan fingerprint density at radius 2 is 1.68 bits per heavy atom. The molecule has 0 spiro atoms. The van der Waals surface area contributed by atoms with Crippen LogP contribution in [0.4, 0.5) is 11.4 Å². The second kappa shape index (κ2) is 8.01. The molecule has 7 heteroatoms. The standard InChI is InChI=1S/C18H21BrN2O3S/c1-4-17(18(22)20-15-9-7-14(19)8-10-15)21(25(3,23)24)16-11-5-13(2)6-12-16/h5-12,17H,4H2,1-3H3,(H,20,22)/t17-/m1/s1. The molecule has 0 aliphatic carbocycles. The number of carbonyl (C=O) groups excluding carboxylic acids is 1. The summed E-state index contributed by atoms with van der Waals surface area (Å²) in [7, 11) is -3.62. The van der Waals surface area contributed by atoms with Crippen molar-refractivity contribution < 1.29 is 13.2 Å². The number of hydrogen-bond donors (Lipinski definition) is 1. The molecule has 0 aliphatic heterocycles. The smallest absolute Gasteiger partial charge is 0.248 e. The van der Waals surface area contributed by atoms with Gasteiger partial charge in [-0.15, -0.1) is 0 Å². The lowest BCUT2D eigenvalue weighted by molar-refractivity contribution is -0.117. The van der Waals surface area contributed by atoms with E-state index in [9.17, 15) is 13.2 Å². The van der Waals surface area contributed by atoms with Crippen LogP contribution in [0.25, 0.3) is 0 Å². The van der Waals surface area contributed by atoms with Gasteiger partial charge in [-0.1, -0.05) is 40.5 Å². The highest BCUT2D eigenvalue weighted by molar-refractivity contribution is 9.10. The number of anilines is 2. The molecular formula is C18H21BrN2O3S. The number of sulfonamides is 1. The van der Waals surface area contributed by atoms with Crippen LogP contribution in [0.5, 0.6) is 0 Å². The Bertz CT molecular complexity index is 834. The summed E-state index contributed by atoms with van der Waals surface area (Å²) < 4.78 is 26.8. The van der Waals surface area contributed by atoms with Gasteiger partial charge in [0.2, 0.25) is 15.9 Å². The lowest BCUT2D eigenvalue weighted by Crippen LogP contribution is -2.47. The lowest BCUT2D eigenvalue weighted by Gasteiger charge is -2.30. The zero-order valence-corrected chi connectivity index (χ0v) is 16.8. The van der Waals surface area contributed by atoms with Crippen molar-refractivity contribution in [3.63, 3.8) is 0 Å². The first kappa shape index (κ1) is 19.5. The third kappa shape index (κ3) is 5.06. The van der Waals surface area contributed by atoms with Gasteiger partial charge in [0.1, 0.15) is 6.04 Å². The molecule has 0 saturated heterocycles. The first-order chi connectivity index (χ1) is 11.7. The van der Waals surface area contributed by atoms with Crippen LogP contribution in [0.3, 0.4) is 0 Å². The SMILES string of the molecule is CC[C@H](C(=O)Nc1ccc(Br)cc1)N(c1ccc(C)cc1)S(C)(=O)=O. The molecule has 0 aromatic heterocycles. The number of amides is 1. The van der Waals surface area contributed by atoms with Crippen molar-refractivity contribution in [2.75, 3.05) is 15.9 Å². The molecular weight excluding hydrogens is 404 g/mol. The third-order valence-corrected chi connectivity index (χ3v) is 5.44. The van der Waals surface area contributed by atoms with E-state index in [0.717, 1.165) is 16.3 Å². The van der Waals surface area contributed by atoms with Crippen molar-refractivity contribution in [3.05, 3.63) is 58.6 Å². The van der Waals surface area contributed by atoms with Gasteiger partial charge in [0.05, 0.1) is 11.9 Å². The number of benzene rings is 2. The monoisotopic (exact) mass is 424 g/mol. The quantitative estimate of drug-likeness (QED) is 0.763. The van der Waals surface area contributed by atoms with Gasteiger partial charge in [-0.05, 0) is 49.7 Å². The molecule has 2 aromatic carbocycles. The maximum atomic E-state index is 12.7. The number of hydrogen-bond acceptors (Lipinski definition) is 3. The molecule has 0 fully saturated rings. The molecule has 0 bridgehead atoms. The minimum Gasteiger partial charge on any atom is -0.324 e. The normalized spacial score (nSPS) is 12.5. The number of halogens is 1. The molecule has 0 aliphatic rings. The number of nitrogens with zero attached hydrogens (tertiary/aromatic N) is 1. The molecule has 1 N–H and O–H groups in total. The number of carbonyl (C=O) groups is 1. The predicted octanol–water partition coefficient (Wildman–Crippen LogP) is 3.94. The van der Waals surface area contributed by atoms with E-state index in [1.165, 1.54) is 4.31 Å². The average Bonchev–Trinajstić information content (AvgIpc) is 2.54. The van der Waals surface area contributed by atoms with Crippen molar-refractivity contribution in [2.24, 2.45) is 0 Å². The Hall–Kier alpha value is -1.86. The van der Waals surface area contributed by atoms with Gasteiger partial charge in [0, 0.05) is 10.2 Å². The highest BCUT2D eigenvalue weighted by Crippen LogP contribution is 2.24. The molecule has 2 aromatic rings. The summed E-state index contributed by atoms with van der Waals surface area (Å²) >= 11 is 3.34. The van der Waals surface area contributed by atoms with E-state index in [1.54, 1.807) is 31.2 Å². The summed E-state index contributed by atoms with van der Waals surface area (Å²) in [6, 6.07) is 13.4. The van der Waals surface area contributed by atoms with Crippen molar-refractivity contribution in [2.45, 2.75) is 26.3 Å². The molecule has 2 rings (SSSR count). The molecule has 1 amide bonds. The van der Waals surface area contributed by atoms with Crippen LogP contribution in [-0.2, 0) is 14.8 Å². The van der Waals surface area contributed by atoms with Gasteiger partial charge in [-0.2, -0.15) is 0 Å². The fraction of sp³-hybridized carbons (Fsp3) is 0.278. The minimum absolute atomic E-state index is 0.351. The van der Waals surface area contributed by atoms with E-state index in [4.69, 9.17) is 0 Å². The molecule has 0 saturated carbocycles. The second-order valence-electron chi connectivity index (χ2n) is 5.81. The average molecular weight is 425 g/mol. The molecule has 0 heterocycles. The van der Waals surface area contributed by atoms with Crippen molar-refractivity contribution in [1.29, 1.82) is 0 Å². The first-order valence-electron chi connectivity index (χ1n) is 7.85. The number of nitrogens with one attached hydrogen (secondary N) is 1. The maximum Gasteiger partial charge on any atom is 0.248 e. The Labute approximate surface area is 157 Å². The van der Waals surface area contributed by atoms with Crippen molar-refractivity contribution in [3.8, 4) is 0 Å². The zero-order chi connectivity index (χ0) is 18.6. The van der Waals surface area contributed by atoms with Gasteiger partial charge < -0.3 is 5.32 Å². The predicted molar refractivity (Wildman–Crippen MR) is 105 cm³/mol. The van der Waals surface area contributed by atoms with Gasteiger partial charge in [-0.25, -0.2) is 8.42 Å². The highest BCUT2D eigenvalue weighted by Gasteiger charge is 2.31. The van der Waals surface area contributed by atoms with Gasteiger partial charge in [-0.3, -0.25) is 9.10 Å². The Morgan fingerprint density at radius 3 is 2.16 bits per heavy atom. The van der Waals surface area contributed by atoms with Crippen LogP contribution in [0.1, 0.15) is 18.9 Å². The van der Waals surface area contributed by atoms with Crippen LogP contribution in [0.15, 0.2) is 53.0 Å². The molecule has 1 atom stereocenters. The number of aryl methyl sites for hydroxylation is 1. The van der Waals surface area contributed by atoms with E-state index in [2.05, 4.69) is 21.2 Å². The van der Waals surface area contributed by atoms with Crippen molar-refractivity contribution >= 4 is 43.2 Å². The van der Waals surface area contributed by atoms with Crippen molar-refractivity contribution in [1.82, 2.24) is 0 Å². The van der Waals surface area contributed by atoms with Gasteiger partial charge in [0.25, 0.3) is 0 Å². The Balaban J connectivity index is 2.34. The fourth-order valence-electron chi connectivity index (χ4n) is 2.51.